The van der Waals surface area contributed by atoms with Crippen molar-refractivity contribution in [2.75, 3.05) is 13.7 Å². The molecule has 31 heavy (non-hydrogen) atoms. The van der Waals surface area contributed by atoms with Crippen LogP contribution >= 0.6 is 0 Å². The summed E-state index contributed by atoms with van der Waals surface area (Å²) < 4.78 is 33.7. The Balaban J connectivity index is 1.68. The Labute approximate surface area is 183 Å². The number of nitrogens with zero attached hydrogens (tertiary/aromatic N) is 1. The zero-order valence-corrected chi connectivity index (χ0v) is 18.5. The minimum absolute atomic E-state index is 0.00317. The van der Waals surface area contributed by atoms with Crippen LogP contribution in [0.1, 0.15) is 43.6 Å². The van der Waals surface area contributed by atoms with Gasteiger partial charge in [0.1, 0.15) is 0 Å². The van der Waals surface area contributed by atoms with Crippen LogP contribution in [-0.4, -0.2) is 33.0 Å². The molecule has 2 aromatic carbocycles. The lowest BCUT2D eigenvalue weighted by molar-refractivity contribution is -0.140. The van der Waals surface area contributed by atoms with E-state index < -0.39 is 10.0 Å². The van der Waals surface area contributed by atoms with Gasteiger partial charge in [-0.15, -0.1) is 0 Å². The van der Waals surface area contributed by atoms with E-state index in [9.17, 15) is 13.2 Å². The number of carbonyl (C=O) groups is 1. The smallest absolute Gasteiger partial charge is 0.305 e. The van der Waals surface area contributed by atoms with Gasteiger partial charge in [-0.05, 0) is 41.8 Å². The Kier molecular flexibility index (Phi) is 8.14. The molecule has 0 saturated heterocycles. The first-order valence-electron chi connectivity index (χ1n) is 10.5. The summed E-state index contributed by atoms with van der Waals surface area (Å²) in [6, 6.07) is 16.6. The molecule has 3 aromatic rings. The molecule has 0 bridgehead atoms. The van der Waals surface area contributed by atoms with Gasteiger partial charge in [-0.3, -0.25) is 9.78 Å². The number of nitrogens with one attached hydrogen (secondary N) is 1. The van der Waals surface area contributed by atoms with Crippen LogP contribution in [0, 0.1) is 0 Å². The topological polar surface area (TPSA) is 85.4 Å². The van der Waals surface area contributed by atoms with Crippen molar-refractivity contribution in [2.45, 2.75) is 42.9 Å². The number of esters is 1. The SMILES string of the molecule is COC(=O)CCCCCC(CNS(=O)(=O)c1cccc2ccccc12)c1cccnc1. The maximum atomic E-state index is 13.1. The molecule has 0 amide bonds. The zero-order valence-electron chi connectivity index (χ0n) is 17.7. The quantitative estimate of drug-likeness (QED) is 0.352. The van der Waals surface area contributed by atoms with E-state index in [4.69, 9.17) is 0 Å². The molecule has 0 saturated carbocycles. The summed E-state index contributed by atoms with van der Waals surface area (Å²) in [6.07, 6.45) is 7.21. The number of pyridine rings is 1. The Morgan fingerprint density at radius 2 is 1.84 bits per heavy atom. The number of ether oxygens (including phenoxy) is 1. The highest BCUT2D eigenvalue weighted by atomic mass is 32.2. The number of benzene rings is 2. The molecule has 7 heteroatoms. The highest BCUT2D eigenvalue weighted by Gasteiger charge is 2.20. The fraction of sp³-hybridized carbons (Fsp3) is 0.333. The van der Waals surface area contributed by atoms with E-state index in [2.05, 4.69) is 14.4 Å². The van der Waals surface area contributed by atoms with Crippen LogP contribution in [0.3, 0.4) is 0 Å². The third-order valence-electron chi connectivity index (χ3n) is 5.38. The van der Waals surface area contributed by atoms with Crippen molar-refractivity contribution in [2.24, 2.45) is 0 Å². The molecule has 1 atom stereocenters. The van der Waals surface area contributed by atoms with Crippen molar-refractivity contribution in [3.05, 3.63) is 72.6 Å². The summed E-state index contributed by atoms with van der Waals surface area (Å²) in [4.78, 5) is 15.7. The van der Waals surface area contributed by atoms with Gasteiger partial charge >= 0.3 is 5.97 Å². The summed E-state index contributed by atoms with van der Waals surface area (Å²) in [5.74, 6) is -0.205. The van der Waals surface area contributed by atoms with Gasteiger partial charge in [0, 0.05) is 30.7 Å². The summed E-state index contributed by atoms with van der Waals surface area (Å²) in [6.45, 7) is 0.286. The number of aromatic nitrogens is 1. The van der Waals surface area contributed by atoms with E-state index in [0.717, 1.165) is 36.6 Å². The highest BCUT2D eigenvalue weighted by molar-refractivity contribution is 7.89. The van der Waals surface area contributed by atoms with Crippen LogP contribution in [0.4, 0.5) is 0 Å². The molecule has 0 aliphatic rings. The standard InChI is InChI=1S/C24H28N2O4S/c1-30-24(27)15-4-2-3-10-21(20-12-8-16-25-17-20)18-26-31(28,29)23-14-7-11-19-9-5-6-13-22(19)23/h5-9,11-14,16-17,21,26H,2-4,10,15,18H2,1H3. The molecule has 6 nitrogen and oxygen atoms in total. The lowest BCUT2D eigenvalue weighted by Crippen LogP contribution is -2.29. The fourth-order valence-electron chi connectivity index (χ4n) is 3.66. The van der Waals surface area contributed by atoms with Crippen LogP contribution in [0.15, 0.2) is 71.9 Å². The number of hydrogen-bond acceptors (Lipinski definition) is 5. The van der Waals surface area contributed by atoms with E-state index >= 15 is 0 Å². The van der Waals surface area contributed by atoms with Crippen LogP contribution < -0.4 is 4.72 Å². The Hall–Kier alpha value is -2.77. The molecule has 0 fully saturated rings. The van der Waals surface area contributed by atoms with Gasteiger partial charge in [0.15, 0.2) is 0 Å². The second-order valence-electron chi connectivity index (χ2n) is 7.49. The minimum Gasteiger partial charge on any atom is -0.469 e. The van der Waals surface area contributed by atoms with Crippen molar-refractivity contribution in [1.82, 2.24) is 9.71 Å². The molecular formula is C24H28N2O4S. The predicted molar refractivity (Wildman–Crippen MR) is 121 cm³/mol. The van der Waals surface area contributed by atoms with Crippen LogP contribution in [0.2, 0.25) is 0 Å². The molecule has 0 aliphatic heterocycles. The Morgan fingerprint density at radius 1 is 1.03 bits per heavy atom. The molecule has 164 valence electrons. The minimum atomic E-state index is -3.67. The fourth-order valence-corrected chi connectivity index (χ4v) is 4.97. The number of unbranched alkanes of at least 4 members (excludes halogenated alkanes) is 2. The first kappa shape index (κ1) is 22.9. The molecule has 1 unspecified atom stereocenters. The van der Waals surface area contributed by atoms with Crippen molar-refractivity contribution in [1.29, 1.82) is 0 Å². The largest absolute Gasteiger partial charge is 0.469 e. The summed E-state index contributed by atoms with van der Waals surface area (Å²) in [5.41, 5.74) is 0.996. The predicted octanol–water partition coefficient (Wildman–Crippen LogP) is 4.42. The molecule has 0 spiro atoms. The van der Waals surface area contributed by atoms with Gasteiger partial charge < -0.3 is 4.74 Å². The number of carbonyl (C=O) groups excluding carboxylic acids is 1. The maximum absolute atomic E-state index is 13.1. The van der Waals surface area contributed by atoms with Gasteiger partial charge in [-0.25, -0.2) is 13.1 Å². The first-order valence-corrected chi connectivity index (χ1v) is 11.9. The molecule has 0 radical (unpaired) electrons. The van der Waals surface area contributed by atoms with Crippen molar-refractivity contribution in [3.8, 4) is 0 Å². The number of hydrogen-bond donors (Lipinski definition) is 1. The number of rotatable bonds is 11. The van der Waals surface area contributed by atoms with E-state index in [1.807, 2.05) is 42.5 Å². The normalized spacial score (nSPS) is 12.5. The van der Waals surface area contributed by atoms with Gasteiger partial charge in [0.25, 0.3) is 0 Å². The monoisotopic (exact) mass is 440 g/mol. The Bertz CT molecular complexity index is 1100. The van der Waals surface area contributed by atoms with E-state index in [-0.39, 0.29) is 23.3 Å². The third kappa shape index (κ3) is 6.35. The highest BCUT2D eigenvalue weighted by Crippen LogP contribution is 2.25. The molecular weight excluding hydrogens is 412 g/mol. The average Bonchev–Trinajstić information content (AvgIpc) is 2.80. The lowest BCUT2D eigenvalue weighted by Gasteiger charge is -2.18. The van der Waals surface area contributed by atoms with Gasteiger partial charge in [0.05, 0.1) is 12.0 Å². The van der Waals surface area contributed by atoms with Gasteiger partial charge in [-0.2, -0.15) is 0 Å². The number of fused-ring (bicyclic) bond motifs is 1. The summed E-state index contributed by atoms with van der Waals surface area (Å²) in [5, 5.41) is 1.60. The Morgan fingerprint density at radius 3 is 2.61 bits per heavy atom. The number of sulfonamides is 1. The van der Waals surface area contributed by atoms with E-state index in [1.54, 1.807) is 24.5 Å². The maximum Gasteiger partial charge on any atom is 0.305 e. The van der Waals surface area contributed by atoms with Crippen LogP contribution in [0.25, 0.3) is 10.8 Å². The molecule has 1 heterocycles. The number of methoxy groups -OCH3 is 1. The molecule has 1 N–H and O–H groups in total. The third-order valence-corrected chi connectivity index (χ3v) is 6.86. The second-order valence-corrected chi connectivity index (χ2v) is 9.22. The van der Waals surface area contributed by atoms with E-state index in [1.165, 1.54) is 7.11 Å². The molecule has 1 aromatic heterocycles. The molecule has 3 rings (SSSR count). The van der Waals surface area contributed by atoms with Crippen molar-refractivity contribution in [3.63, 3.8) is 0 Å². The van der Waals surface area contributed by atoms with E-state index in [0.29, 0.717) is 11.8 Å². The summed E-state index contributed by atoms with van der Waals surface area (Å²) >= 11 is 0. The second kappa shape index (κ2) is 11.0. The van der Waals surface area contributed by atoms with Crippen LogP contribution in [0.5, 0.6) is 0 Å². The van der Waals surface area contributed by atoms with Gasteiger partial charge in [0.2, 0.25) is 10.0 Å². The lowest BCUT2D eigenvalue weighted by atomic mass is 9.94. The van der Waals surface area contributed by atoms with Crippen molar-refractivity contribution >= 4 is 26.8 Å². The first-order chi connectivity index (χ1) is 15.0. The zero-order chi connectivity index (χ0) is 22.1. The van der Waals surface area contributed by atoms with Gasteiger partial charge in [-0.1, -0.05) is 55.3 Å². The van der Waals surface area contributed by atoms with Crippen LogP contribution in [-0.2, 0) is 19.6 Å². The summed E-state index contributed by atoms with van der Waals surface area (Å²) in [7, 11) is -2.28. The van der Waals surface area contributed by atoms with Crippen molar-refractivity contribution < 1.29 is 17.9 Å². The molecule has 0 aliphatic carbocycles. The average molecular weight is 441 g/mol.